The van der Waals surface area contributed by atoms with Crippen LogP contribution in [0.15, 0.2) is 69.9 Å². The lowest BCUT2D eigenvalue weighted by molar-refractivity contribution is -0.271. The van der Waals surface area contributed by atoms with Gasteiger partial charge in [-0.3, -0.25) is 4.79 Å². The average molecular weight is 595 g/mol. The molecule has 7 N–H and O–H groups in total. The number of phenolic OH excluding ortho intramolecular Hbond substituents is 5. The van der Waals surface area contributed by atoms with Gasteiger partial charge in [-0.15, -0.1) is 0 Å². The summed E-state index contributed by atoms with van der Waals surface area (Å²) >= 11 is 0. The molecule has 1 fully saturated rings. The number of benzene rings is 3. The van der Waals surface area contributed by atoms with Crippen molar-refractivity contribution in [2.75, 3.05) is 0 Å². The molecule has 13 heteroatoms. The summed E-state index contributed by atoms with van der Waals surface area (Å²) in [5.41, 5.74) is -0.627. The molecule has 3 aromatic carbocycles. The zero-order valence-electron chi connectivity index (χ0n) is 22.3. The standard InChI is InChI=1S/C30H26O13/c1-13-24(37)28(42-22(36)9-4-14-2-6-16(31)7-3-14)26(39)30(40-13)43-29-25(38)23-20(35)11-17(32)12-21(23)41-27(29)15-5-8-18(33)19(34)10-15/h2-13,24,26,28,30-35,37,39H,1H3/b9-4+/t13-,24-,26+,28+,30-/m0/s1. The van der Waals surface area contributed by atoms with Crippen LogP contribution in [0.2, 0.25) is 0 Å². The van der Waals surface area contributed by atoms with Gasteiger partial charge in [0.25, 0.3) is 0 Å². The van der Waals surface area contributed by atoms with Gasteiger partial charge in [0.1, 0.15) is 34.3 Å². The number of hydrogen-bond acceptors (Lipinski definition) is 13. The van der Waals surface area contributed by atoms with Crippen LogP contribution in [0.5, 0.6) is 34.5 Å². The molecule has 2 heterocycles. The van der Waals surface area contributed by atoms with Gasteiger partial charge in [0.05, 0.1) is 6.10 Å². The number of carbonyl (C=O) groups is 1. The van der Waals surface area contributed by atoms with Gasteiger partial charge < -0.3 is 54.4 Å². The van der Waals surface area contributed by atoms with Gasteiger partial charge in [-0.05, 0) is 48.9 Å². The Hall–Kier alpha value is -5.24. The van der Waals surface area contributed by atoms with E-state index in [9.17, 15) is 45.3 Å². The SMILES string of the molecule is C[C@@H]1O[C@@H](Oc2c(-c3ccc(O)c(O)c3)oc3cc(O)cc(O)c3c2=O)[C@H](O)[C@H](OC(=O)/C=C/c2ccc(O)cc2)[C@H]1O. The summed E-state index contributed by atoms with van der Waals surface area (Å²) in [6, 6.07) is 11.3. The summed E-state index contributed by atoms with van der Waals surface area (Å²) < 4.78 is 22.5. The minimum absolute atomic E-state index is 0.0212. The van der Waals surface area contributed by atoms with Crippen molar-refractivity contribution in [3.63, 3.8) is 0 Å². The fourth-order valence-corrected chi connectivity index (χ4v) is 4.50. The Bertz CT molecular complexity index is 1760. The molecular formula is C30H26O13. The molecule has 0 spiro atoms. The largest absolute Gasteiger partial charge is 0.508 e. The quantitative estimate of drug-likeness (QED) is 0.0971. The molecule has 0 radical (unpaired) electrons. The first kappa shape index (κ1) is 29.3. The number of aliphatic hydroxyl groups excluding tert-OH is 2. The first-order valence-electron chi connectivity index (χ1n) is 12.8. The fourth-order valence-electron chi connectivity index (χ4n) is 4.50. The van der Waals surface area contributed by atoms with Crippen molar-refractivity contribution in [3.8, 4) is 45.8 Å². The van der Waals surface area contributed by atoms with E-state index in [0.29, 0.717) is 5.56 Å². The van der Waals surface area contributed by atoms with Gasteiger partial charge in [0.15, 0.2) is 29.5 Å². The maximum atomic E-state index is 13.6. The summed E-state index contributed by atoms with van der Waals surface area (Å²) in [6.07, 6.45) is -5.29. The van der Waals surface area contributed by atoms with Crippen LogP contribution >= 0.6 is 0 Å². The second-order valence-electron chi connectivity index (χ2n) is 9.77. The van der Waals surface area contributed by atoms with Crippen LogP contribution in [0.3, 0.4) is 0 Å². The highest BCUT2D eigenvalue weighted by Crippen LogP contribution is 2.39. The first-order chi connectivity index (χ1) is 20.4. The number of esters is 1. The molecule has 1 saturated heterocycles. The maximum absolute atomic E-state index is 13.6. The normalized spacial score (nSPS) is 22.1. The van der Waals surface area contributed by atoms with E-state index in [1.165, 1.54) is 31.2 Å². The minimum atomic E-state index is -1.85. The smallest absolute Gasteiger partial charge is 0.331 e. The van der Waals surface area contributed by atoms with Crippen molar-refractivity contribution in [1.82, 2.24) is 0 Å². The number of aliphatic hydroxyl groups is 2. The minimum Gasteiger partial charge on any atom is -0.508 e. The average Bonchev–Trinajstić information content (AvgIpc) is 2.96. The number of carbonyl (C=O) groups excluding carboxylic acids is 1. The van der Waals surface area contributed by atoms with Crippen LogP contribution in [-0.4, -0.2) is 72.4 Å². The summed E-state index contributed by atoms with van der Waals surface area (Å²) in [6.45, 7) is 1.41. The maximum Gasteiger partial charge on any atom is 0.331 e. The number of aromatic hydroxyl groups is 5. The van der Waals surface area contributed by atoms with E-state index in [1.54, 1.807) is 12.1 Å². The Labute approximate surface area is 242 Å². The molecule has 0 amide bonds. The van der Waals surface area contributed by atoms with Crippen molar-refractivity contribution in [3.05, 3.63) is 76.5 Å². The van der Waals surface area contributed by atoms with Gasteiger partial charge in [-0.1, -0.05) is 12.1 Å². The Balaban J connectivity index is 1.49. The van der Waals surface area contributed by atoms with Crippen LogP contribution in [0.25, 0.3) is 28.4 Å². The highest BCUT2D eigenvalue weighted by atomic mass is 16.7. The van der Waals surface area contributed by atoms with E-state index in [1.807, 2.05) is 0 Å². The van der Waals surface area contributed by atoms with Gasteiger partial charge in [-0.2, -0.15) is 0 Å². The van der Waals surface area contributed by atoms with Crippen LogP contribution in [0, 0.1) is 0 Å². The fraction of sp³-hybridized carbons (Fsp3) is 0.200. The summed E-state index contributed by atoms with van der Waals surface area (Å²) in [4.78, 5) is 26.2. The molecular weight excluding hydrogens is 568 g/mol. The second-order valence-corrected chi connectivity index (χ2v) is 9.77. The Morgan fingerprint density at radius 2 is 1.58 bits per heavy atom. The molecule has 0 aliphatic carbocycles. The third kappa shape index (κ3) is 5.90. The van der Waals surface area contributed by atoms with E-state index in [-0.39, 0.29) is 28.0 Å². The van der Waals surface area contributed by atoms with Crippen LogP contribution in [-0.2, 0) is 14.3 Å². The molecule has 1 aromatic heterocycles. The van der Waals surface area contributed by atoms with Crippen molar-refractivity contribution >= 4 is 23.0 Å². The lowest BCUT2D eigenvalue weighted by Gasteiger charge is -2.40. The van der Waals surface area contributed by atoms with Crippen molar-refractivity contribution in [1.29, 1.82) is 0 Å². The molecule has 5 rings (SSSR count). The number of hydrogen-bond donors (Lipinski definition) is 7. The number of ether oxygens (including phenoxy) is 3. The van der Waals surface area contributed by atoms with Crippen LogP contribution in [0.1, 0.15) is 12.5 Å². The Morgan fingerprint density at radius 1 is 0.860 bits per heavy atom. The van der Waals surface area contributed by atoms with Crippen molar-refractivity contribution in [2.45, 2.75) is 37.6 Å². The number of rotatable bonds is 6. The third-order valence-corrected chi connectivity index (χ3v) is 6.73. The van der Waals surface area contributed by atoms with Gasteiger partial charge >= 0.3 is 5.97 Å². The highest BCUT2D eigenvalue weighted by Gasteiger charge is 2.47. The molecule has 4 aromatic rings. The second kappa shape index (κ2) is 11.6. The summed E-state index contributed by atoms with van der Waals surface area (Å²) in [7, 11) is 0. The lowest BCUT2D eigenvalue weighted by Crippen LogP contribution is -2.59. The lowest BCUT2D eigenvalue weighted by atomic mass is 9.99. The molecule has 5 atom stereocenters. The monoisotopic (exact) mass is 594 g/mol. The molecule has 0 unspecified atom stereocenters. The molecule has 1 aliphatic rings. The van der Waals surface area contributed by atoms with E-state index in [2.05, 4.69) is 0 Å². The van der Waals surface area contributed by atoms with Gasteiger partial charge in [0.2, 0.25) is 17.5 Å². The van der Waals surface area contributed by atoms with Crippen LogP contribution in [0.4, 0.5) is 0 Å². The van der Waals surface area contributed by atoms with Crippen LogP contribution < -0.4 is 10.2 Å². The zero-order valence-corrected chi connectivity index (χ0v) is 22.3. The molecule has 0 bridgehead atoms. The van der Waals surface area contributed by atoms with Crippen molar-refractivity contribution in [2.24, 2.45) is 0 Å². The van der Waals surface area contributed by atoms with E-state index < -0.39 is 70.9 Å². The summed E-state index contributed by atoms with van der Waals surface area (Å²) in [5, 5.41) is 70.8. The zero-order chi connectivity index (χ0) is 31.0. The van der Waals surface area contributed by atoms with Gasteiger partial charge in [-0.25, -0.2) is 4.79 Å². The van der Waals surface area contributed by atoms with E-state index in [4.69, 9.17) is 18.6 Å². The van der Waals surface area contributed by atoms with Gasteiger partial charge in [0, 0.05) is 23.8 Å². The highest BCUT2D eigenvalue weighted by molar-refractivity contribution is 5.88. The molecule has 13 nitrogen and oxygen atoms in total. The Morgan fingerprint density at radius 3 is 2.28 bits per heavy atom. The molecule has 224 valence electrons. The van der Waals surface area contributed by atoms with E-state index >= 15 is 0 Å². The third-order valence-electron chi connectivity index (χ3n) is 6.73. The predicted molar refractivity (Wildman–Crippen MR) is 149 cm³/mol. The topological polar surface area (TPSA) is 217 Å². The number of fused-ring (bicyclic) bond motifs is 1. The molecule has 0 saturated carbocycles. The van der Waals surface area contributed by atoms with Crippen molar-refractivity contribution < 1.29 is 59.2 Å². The first-order valence-corrected chi connectivity index (χ1v) is 12.8. The predicted octanol–water partition coefficient (Wildman–Crippen LogP) is 2.46. The Kier molecular flexibility index (Phi) is 7.87. The molecule has 43 heavy (non-hydrogen) atoms. The molecule has 1 aliphatic heterocycles. The number of phenols is 5. The van der Waals surface area contributed by atoms with E-state index in [0.717, 1.165) is 30.3 Å². The summed E-state index contributed by atoms with van der Waals surface area (Å²) in [5.74, 6) is -3.94.